The molecule has 1 heterocycles. The van der Waals surface area contributed by atoms with Gasteiger partial charge < -0.3 is 10.2 Å². The van der Waals surface area contributed by atoms with E-state index < -0.39 is 0 Å². The Labute approximate surface area is 132 Å². The van der Waals surface area contributed by atoms with Gasteiger partial charge in [-0.3, -0.25) is 4.79 Å². The Morgan fingerprint density at radius 2 is 1.59 bits per heavy atom. The van der Waals surface area contributed by atoms with Gasteiger partial charge in [0, 0.05) is 30.9 Å². The summed E-state index contributed by atoms with van der Waals surface area (Å²) in [5, 5.41) is 2.83. The average Bonchev–Trinajstić information content (AvgIpc) is 2.78. The topological polar surface area (TPSA) is 32.3 Å². The number of anilines is 1. The number of carbonyl (C=O) groups is 1. The quantitative estimate of drug-likeness (QED) is 0.943. The van der Waals surface area contributed by atoms with Gasteiger partial charge >= 0.3 is 0 Å². The number of carbonyl (C=O) groups excluding carboxylic acids is 1. The monoisotopic (exact) mass is 294 g/mol. The summed E-state index contributed by atoms with van der Waals surface area (Å²) in [5.74, 6) is -0.00248. The smallest absolute Gasteiger partial charge is 0.251 e. The Hall–Kier alpha value is -2.29. The third-order valence-corrected chi connectivity index (χ3v) is 4.25. The molecule has 3 heteroatoms. The lowest BCUT2D eigenvalue weighted by Gasteiger charge is -2.22. The van der Waals surface area contributed by atoms with Crippen LogP contribution in [-0.2, 0) is 12.8 Å². The molecule has 2 aromatic carbocycles. The van der Waals surface area contributed by atoms with Gasteiger partial charge in [-0.25, -0.2) is 0 Å². The van der Waals surface area contributed by atoms with Crippen LogP contribution in [0.4, 0.5) is 5.69 Å². The Bertz CT molecular complexity index is 622. The first-order valence-corrected chi connectivity index (χ1v) is 7.98. The van der Waals surface area contributed by atoms with Crippen LogP contribution in [0.3, 0.4) is 0 Å². The van der Waals surface area contributed by atoms with Gasteiger partial charge in [0.15, 0.2) is 0 Å². The van der Waals surface area contributed by atoms with E-state index in [1.807, 2.05) is 19.1 Å². The Kier molecular flexibility index (Phi) is 4.42. The summed E-state index contributed by atoms with van der Waals surface area (Å²) in [4.78, 5) is 14.2. The molecule has 0 aromatic heterocycles. The molecule has 0 radical (unpaired) electrons. The van der Waals surface area contributed by atoms with Crippen LogP contribution in [0.5, 0.6) is 0 Å². The molecule has 0 saturated carbocycles. The zero-order chi connectivity index (χ0) is 15.4. The molecule has 22 heavy (non-hydrogen) atoms. The van der Waals surface area contributed by atoms with Gasteiger partial charge in [-0.2, -0.15) is 0 Å². The number of hydrogen-bond donors (Lipinski definition) is 1. The van der Waals surface area contributed by atoms with Crippen molar-refractivity contribution in [1.82, 2.24) is 5.32 Å². The van der Waals surface area contributed by atoms with Crippen LogP contribution in [0.1, 0.15) is 28.4 Å². The third-order valence-electron chi connectivity index (χ3n) is 4.25. The standard InChI is InChI=1S/C19H22N2O/c1-2-20-19(22)17-7-9-18(10-8-17)21-13-11-15-5-3-4-6-16(15)12-14-21/h3-10H,2,11-14H2,1H3,(H,20,22). The number of rotatable bonds is 3. The van der Waals surface area contributed by atoms with Crippen LogP contribution in [-0.4, -0.2) is 25.5 Å². The highest BCUT2D eigenvalue weighted by molar-refractivity contribution is 5.94. The van der Waals surface area contributed by atoms with Gasteiger partial charge in [-0.15, -0.1) is 0 Å². The first-order chi connectivity index (χ1) is 10.8. The first-order valence-electron chi connectivity index (χ1n) is 7.98. The fourth-order valence-corrected chi connectivity index (χ4v) is 3.01. The minimum atomic E-state index is -0.00248. The summed E-state index contributed by atoms with van der Waals surface area (Å²) < 4.78 is 0. The minimum absolute atomic E-state index is 0.00248. The van der Waals surface area contributed by atoms with Crippen LogP contribution in [0.2, 0.25) is 0 Å². The molecule has 0 saturated heterocycles. The van der Waals surface area contributed by atoms with Crippen molar-refractivity contribution in [3.8, 4) is 0 Å². The summed E-state index contributed by atoms with van der Waals surface area (Å²) in [5.41, 5.74) is 4.84. The second-order valence-corrected chi connectivity index (χ2v) is 5.66. The van der Waals surface area contributed by atoms with Crippen LogP contribution in [0.25, 0.3) is 0 Å². The maximum absolute atomic E-state index is 11.8. The van der Waals surface area contributed by atoms with Crippen molar-refractivity contribution < 1.29 is 4.79 Å². The van der Waals surface area contributed by atoms with E-state index in [2.05, 4.69) is 46.6 Å². The fraction of sp³-hybridized carbons (Fsp3) is 0.316. The van der Waals surface area contributed by atoms with E-state index >= 15 is 0 Å². The van der Waals surface area contributed by atoms with Crippen LogP contribution >= 0.6 is 0 Å². The predicted octanol–water partition coefficient (Wildman–Crippen LogP) is 3.04. The first kappa shape index (κ1) is 14.6. The molecular weight excluding hydrogens is 272 g/mol. The predicted molar refractivity (Wildman–Crippen MR) is 90.5 cm³/mol. The maximum Gasteiger partial charge on any atom is 0.251 e. The zero-order valence-corrected chi connectivity index (χ0v) is 13.0. The van der Waals surface area contributed by atoms with E-state index in [1.54, 1.807) is 0 Å². The highest BCUT2D eigenvalue weighted by Crippen LogP contribution is 2.21. The lowest BCUT2D eigenvalue weighted by molar-refractivity contribution is 0.0956. The summed E-state index contributed by atoms with van der Waals surface area (Å²) in [6.45, 7) is 4.64. The minimum Gasteiger partial charge on any atom is -0.371 e. The highest BCUT2D eigenvalue weighted by Gasteiger charge is 2.14. The molecule has 1 aliphatic rings. The number of nitrogens with zero attached hydrogens (tertiary/aromatic N) is 1. The van der Waals surface area contributed by atoms with Crippen molar-refractivity contribution in [3.05, 3.63) is 65.2 Å². The number of hydrogen-bond acceptors (Lipinski definition) is 2. The van der Waals surface area contributed by atoms with Crippen molar-refractivity contribution >= 4 is 11.6 Å². The molecule has 0 unspecified atom stereocenters. The zero-order valence-electron chi connectivity index (χ0n) is 13.0. The van der Waals surface area contributed by atoms with Crippen molar-refractivity contribution in [2.24, 2.45) is 0 Å². The summed E-state index contributed by atoms with van der Waals surface area (Å²) in [6.07, 6.45) is 2.16. The van der Waals surface area contributed by atoms with E-state index in [1.165, 1.54) is 16.8 Å². The molecule has 1 N–H and O–H groups in total. The van der Waals surface area contributed by atoms with E-state index in [4.69, 9.17) is 0 Å². The van der Waals surface area contributed by atoms with Crippen molar-refractivity contribution in [1.29, 1.82) is 0 Å². The summed E-state index contributed by atoms with van der Waals surface area (Å²) in [6, 6.07) is 16.6. The molecule has 1 aliphatic heterocycles. The number of amides is 1. The fourth-order valence-electron chi connectivity index (χ4n) is 3.01. The Balaban J connectivity index is 1.71. The molecule has 3 rings (SSSR count). The molecular formula is C19H22N2O. The van der Waals surface area contributed by atoms with E-state index in [-0.39, 0.29) is 5.91 Å². The van der Waals surface area contributed by atoms with Gasteiger partial charge in [0.1, 0.15) is 0 Å². The lowest BCUT2D eigenvalue weighted by atomic mass is 10.0. The van der Waals surface area contributed by atoms with Crippen LogP contribution in [0.15, 0.2) is 48.5 Å². The third kappa shape index (κ3) is 3.14. The van der Waals surface area contributed by atoms with Gasteiger partial charge in [0.05, 0.1) is 0 Å². The molecule has 0 spiro atoms. The summed E-state index contributed by atoms with van der Waals surface area (Å²) >= 11 is 0. The SMILES string of the molecule is CCNC(=O)c1ccc(N2CCc3ccccc3CC2)cc1. The maximum atomic E-state index is 11.8. The second kappa shape index (κ2) is 6.65. The largest absolute Gasteiger partial charge is 0.371 e. The van der Waals surface area contributed by atoms with Crippen LogP contribution < -0.4 is 10.2 Å². The molecule has 2 aromatic rings. The second-order valence-electron chi connectivity index (χ2n) is 5.66. The Morgan fingerprint density at radius 1 is 1.00 bits per heavy atom. The van der Waals surface area contributed by atoms with E-state index in [0.717, 1.165) is 31.5 Å². The normalized spacial score (nSPS) is 14.1. The Morgan fingerprint density at radius 3 is 2.14 bits per heavy atom. The summed E-state index contributed by atoms with van der Waals surface area (Å²) in [7, 11) is 0. The molecule has 0 bridgehead atoms. The van der Waals surface area contributed by atoms with E-state index in [9.17, 15) is 4.79 Å². The highest BCUT2D eigenvalue weighted by atomic mass is 16.1. The number of nitrogens with one attached hydrogen (secondary N) is 1. The molecule has 0 atom stereocenters. The van der Waals surface area contributed by atoms with Crippen molar-refractivity contribution in [2.75, 3.05) is 24.5 Å². The number of benzene rings is 2. The molecule has 0 fully saturated rings. The van der Waals surface area contributed by atoms with Crippen LogP contribution in [0, 0.1) is 0 Å². The lowest BCUT2D eigenvalue weighted by Crippen LogP contribution is -2.26. The van der Waals surface area contributed by atoms with Gasteiger partial charge in [-0.1, -0.05) is 24.3 Å². The van der Waals surface area contributed by atoms with Crippen molar-refractivity contribution in [2.45, 2.75) is 19.8 Å². The molecule has 0 aliphatic carbocycles. The van der Waals surface area contributed by atoms with Crippen molar-refractivity contribution in [3.63, 3.8) is 0 Å². The van der Waals surface area contributed by atoms with E-state index in [0.29, 0.717) is 6.54 Å². The molecule has 114 valence electrons. The van der Waals surface area contributed by atoms with Gasteiger partial charge in [0.25, 0.3) is 5.91 Å². The number of fused-ring (bicyclic) bond motifs is 1. The average molecular weight is 294 g/mol. The van der Waals surface area contributed by atoms with Gasteiger partial charge in [-0.05, 0) is 55.2 Å². The molecule has 3 nitrogen and oxygen atoms in total. The molecule has 1 amide bonds. The van der Waals surface area contributed by atoms with Gasteiger partial charge in [0.2, 0.25) is 0 Å².